The highest BCUT2D eigenvalue weighted by Gasteiger charge is 2.26. The molecule has 22 heavy (non-hydrogen) atoms. The van der Waals surface area contributed by atoms with Crippen LogP contribution in [0.1, 0.15) is 24.2 Å². The van der Waals surface area contributed by atoms with Gasteiger partial charge in [0.25, 0.3) is 0 Å². The molecule has 1 heterocycles. The summed E-state index contributed by atoms with van der Waals surface area (Å²) >= 11 is 1.30. The van der Waals surface area contributed by atoms with E-state index in [1.165, 1.54) is 11.8 Å². The summed E-state index contributed by atoms with van der Waals surface area (Å²) in [4.78, 5) is 25.8. The zero-order valence-electron chi connectivity index (χ0n) is 12.9. The van der Waals surface area contributed by atoms with Crippen molar-refractivity contribution in [2.45, 2.75) is 30.3 Å². The van der Waals surface area contributed by atoms with E-state index in [1.54, 1.807) is 23.6 Å². The molecule has 1 N–H and O–H groups in total. The van der Waals surface area contributed by atoms with Crippen LogP contribution < -0.4 is 5.69 Å². The molecule has 1 aromatic carbocycles. The minimum Gasteiger partial charge on any atom is -0.348 e. The minimum absolute atomic E-state index is 0.0327. The average molecular weight is 320 g/mol. The van der Waals surface area contributed by atoms with Gasteiger partial charge in [0.05, 0.1) is 0 Å². The van der Waals surface area contributed by atoms with E-state index in [1.807, 2.05) is 37.3 Å². The number of carbonyl (C=O) groups is 1. The van der Waals surface area contributed by atoms with Crippen LogP contribution in [0.15, 0.2) is 40.3 Å². The summed E-state index contributed by atoms with van der Waals surface area (Å²) in [5.74, 6) is -0.0327. The van der Waals surface area contributed by atoms with Crippen molar-refractivity contribution < 1.29 is 4.79 Å². The Labute approximate surface area is 133 Å². The first-order valence-electron chi connectivity index (χ1n) is 7.12. The number of likely N-dealkylation sites (N-methyl/N-ethyl adjacent to an activating group) is 1. The van der Waals surface area contributed by atoms with E-state index in [2.05, 4.69) is 10.2 Å². The van der Waals surface area contributed by atoms with Crippen LogP contribution in [0, 0.1) is 0 Å². The predicted molar refractivity (Wildman–Crippen MR) is 86.9 cm³/mol. The molecule has 118 valence electrons. The molecule has 6 nitrogen and oxygen atoms in total. The fourth-order valence-corrected chi connectivity index (χ4v) is 3.26. The van der Waals surface area contributed by atoms with Gasteiger partial charge in [0.1, 0.15) is 5.25 Å². The maximum absolute atomic E-state index is 12.5. The van der Waals surface area contributed by atoms with Gasteiger partial charge in [-0.15, -0.1) is 5.10 Å². The van der Waals surface area contributed by atoms with E-state index >= 15 is 0 Å². The highest BCUT2D eigenvalue weighted by atomic mass is 32.2. The number of nitrogens with zero attached hydrogens (tertiary/aromatic N) is 3. The van der Waals surface area contributed by atoms with Crippen molar-refractivity contribution in [1.82, 2.24) is 19.7 Å². The summed E-state index contributed by atoms with van der Waals surface area (Å²) in [5, 5.41) is 6.63. The van der Waals surface area contributed by atoms with Crippen molar-refractivity contribution in [2.75, 3.05) is 14.1 Å². The molecular weight excluding hydrogens is 300 g/mol. The number of thioether (sulfide) groups is 1. The number of aromatic nitrogens is 3. The van der Waals surface area contributed by atoms with Gasteiger partial charge in [0.15, 0.2) is 5.16 Å². The molecule has 0 aliphatic carbocycles. The van der Waals surface area contributed by atoms with E-state index in [0.717, 1.165) is 12.0 Å². The van der Waals surface area contributed by atoms with Crippen LogP contribution in [-0.2, 0) is 11.3 Å². The third-order valence-electron chi connectivity index (χ3n) is 3.16. The Morgan fingerprint density at radius 3 is 2.64 bits per heavy atom. The van der Waals surface area contributed by atoms with Gasteiger partial charge in [-0.2, -0.15) is 0 Å². The molecule has 0 unspecified atom stereocenters. The van der Waals surface area contributed by atoms with Crippen LogP contribution in [0.2, 0.25) is 0 Å². The third-order valence-corrected chi connectivity index (χ3v) is 4.39. The van der Waals surface area contributed by atoms with Gasteiger partial charge in [0.2, 0.25) is 5.91 Å². The zero-order chi connectivity index (χ0) is 16.1. The molecule has 0 bridgehead atoms. The number of H-pyrrole nitrogens is 1. The van der Waals surface area contributed by atoms with Crippen LogP contribution in [-0.4, -0.2) is 39.7 Å². The van der Waals surface area contributed by atoms with Crippen LogP contribution in [0.5, 0.6) is 0 Å². The predicted octanol–water partition coefficient (Wildman–Crippen LogP) is 1.90. The minimum atomic E-state index is -0.429. The highest BCUT2D eigenvalue weighted by molar-refractivity contribution is 8.00. The Bertz CT molecular complexity index is 678. The first kappa shape index (κ1) is 16.4. The molecule has 1 atom stereocenters. The average Bonchev–Trinajstić information content (AvgIpc) is 2.86. The van der Waals surface area contributed by atoms with E-state index in [-0.39, 0.29) is 11.6 Å². The fraction of sp³-hybridized carbons (Fsp3) is 0.400. The molecule has 0 saturated carbocycles. The van der Waals surface area contributed by atoms with Crippen LogP contribution in [0.25, 0.3) is 0 Å². The Hall–Kier alpha value is -2.02. The van der Waals surface area contributed by atoms with Crippen molar-refractivity contribution in [3.8, 4) is 0 Å². The first-order chi connectivity index (χ1) is 10.5. The van der Waals surface area contributed by atoms with Gasteiger partial charge in [0, 0.05) is 20.6 Å². The van der Waals surface area contributed by atoms with Gasteiger partial charge < -0.3 is 4.90 Å². The van der Waals surface area contributed by atoms with Crippen LogP contribution in [0.3, 0.4) is 0 Å². The van der Waals surface area contributed by atoms with E-state index in [0.29, 0.717) is 11.7 Å². The summed E-state index contributed by atoms with van der Waals surface area (Å²) < 4.78 is 1.57. The van der Waals surface area contributed by atoms with Crippen molar-refractivity contribution in [2.24, 2.45) is 0 Å². The molecule has 0 aliphatic rings. The molecule has 0 saturated heterocycles. The van der Waals surface area contributed by atoms with Gasteiger partial charge in [-0.1, -0.05) is 49.0 Å². The number of amides is 1. The van der Waals surface area contributed by atoms with Gasteiger partial charge in [-0.05, 0) is 12.0 Å². The Kier molecular flexibility index (Phi) is 5.43. The van der Waals surface area contributed by atoms with Gasteiger partial charge in [-0.3, -0.25) is 9.36 Å². The van der Waals surface area contributed by atoms with Crippen molar-refractivity contribution >= 4 is 17.7 Å². The molecule has 1 amide bonds. The lowest BCUT2D eigenvalue weighted by Gasteiger charge is -2.20. The first-order valence-corrected chi connectivity index (χ1v) is 8.00. The maximum atomic E-state index is 12.5. The normalized spacial score (nSPS) is 12.1. The van der Waals surface area contributed by atoms with E-state index in [9.17, 15) is 9.59 Å². The van der Waals surface area contributed by atoms with Crippen LogP contribution in [0.4, 0.5) is 0 Å². The van der Waals surface area contributed by atoms with Crippen molar-refractivity contribution in [3.05, 3.63) is 46.4 Å². The molecule has 0 radical (unpaired) electrons. The number of carbonyl (C=O) groups excluding carboxylic acids is 1. The molecular formula is C15H20N4O2S. The molecule has 0 fully saturated rings. The summed E-state index contributed by atoms with van der Waals surface area (Å²) in [6, 6.07) is 9.53. The molecule has 7 heteroatoms. The lowest BCUT2D eigenvalue weighted by atomic mass is 10.1. The fourth-order valence-electron chi connectivity index (χ4n) is 2.04. The van der Waals surface area contributed by atoms with Crippen LogP contribution >= 0.6 is 11.8 Å². The second-order valence-corrected chi connectivity index (χ2v) is 6.18. The molecule has 0 spiro atoms. The SMILES string of the molecule is CCCn1c(S[C@H](C(=O)N(C)C)c2ccccc2)n[nH]c1=O. The lowest BCUT2D eigenvalue weighted by molar-refractivity contribution is -0.128. The van der Waals surface area contributed by atoms with E-state index in [4.69, 9.17) is 0 Å². The Balaban J connectivity index is 2.35. The second kappa shape index (κ2) is 7.31. The monoisotopic (exact) mass is 320 g/mol. The standard InChI is InChI=1S/C15H20N4O2S/c1-4-10-19-14(21)16-17-15(19)22-12(13(20)18(2)3)11-8-6-5-7-9-11/h5-9,12H,4,10H2,1-3H3,(H,16,21)/t12-/m0/s1. The number of benzene rings is 1. The summed E-state index contributed by atoms with van der Waals surface area (Å²) in [7, 11) is 3.45. The number of aromatic amines is 1. The van der Waals surface area contributed by atoms with E-state index < -0.39 is 5.25 Å². The smallest absolute Gasteiger partial charge is 0.343 e. The highest BCUT2D eigenvalue weighted by Crippen LogP contribution is 2.34. The quantitative estimate of drug-likeness (QED) is 0.825. The molecule has 2 rings (SSSR count). The number of hydrogen-bond donors (Lipinski definition) is 1. The molecule has 1 aromatic heterocycles. The second-order valence-electron chi connectivity index (χ2n) is 5.10. The topological polar surface area (TPSA) is 71.0 Å². The maximum Gasteiger partial charge on any atom is 0.343 e. The Morgan fingerprint density at radius 2 is 2.05 bits per heavy atom. The molecule has 0 aliphatic heterocycles. The lowest BCUT2D eigenvalue weighted by Crippen LogP contribution is -2.27. The van der Waals surface area contributed by atoms with Crippen molar-refractivity contribution in [1.29, 1.82) is 0 Å². The van der Waals surface area contributed by atoms with Crippen molar-refractivity contribution in [3.63, 3.8) is 0 Å². The largest absolute Gasteiger partial charge is 0.348 e. The summed E-state index contributed by atoms with van der Waals surface area (Å²) in [5.41, 5.74) is 0.651. The summed E-state index contributed by atoms with van der Waals surface area (Å²) in [6.07, 6.45) is 0.824. The summed E-state index contributed by atoms with van der Waals surface area (Å²) in [6.45, 7) is 2.57. The number of rotatable bonds is 6. The van der Waals surface area contributed by atoms with Gasteiger partial charge >= 0.3 is 5.69 Å². The number of nitrogens with one attached hydrogen (secondary N) is 1. The van der Waals surface area contributed by atoms with Gasteiger partial charge in [-0.25, -0.2) is 9.89 Å². The Morgan fingerprint density at radius 1 is 1.36 bits per heavy atom. The molecule has 2 aromatic rings. The number of hydrogen-bond acceptors (Lipinski definition) is 4. The third kappa shape index (κ3) is 3.59. The zero-order valence-corrected chi connectivity index (χ0v) is 13.8.